The minimum absolute atomic E-state index is 0.0375. The highest BCUT2D eigenvalue weighted by Gasteiger charge is 2.14. The predicted molar refractivity (Wildman–Crippen MR) is 79.2 cm³/mol. The summed E-state index contributed by atoms with van der Waals surface area (Å²) in [5.41, 5.74) is -1.00. The van der Waals surface area contributed by atoms with Gasteiger partial charge >= 0.3 is 17.1 Å². The van der Waals surface area contributed by atoms with E-state index < -0.39 is 17.1 Å². The van der Waals surface area contributed by atoms with Crippen molar-refractivity contribution in [2.45, 2.75) is 6.54 Å². The van der Waals surface area contributed by atoms with Crippen LogP contribution in [-0.4, -0.2) is 20.6 Å². The normalized spacial score (nSPS) is 10.9. The Morgan fingerprint density at radius 2 is 2.05 bits per heavy atom. The first-order valence-electron chi connectivity index (χ1n) is 6.09. The fourth-order valence-corrected chi connectivity index (χ4v) is 2.88. The molecule has 3 rings (SSSR count). The standard InChI is InChI=1S/C14H10N2O4S/c17-12-13(18)16(7-8-3-2-6-21-8)10-5-1-4-9(14(19)20)11(10)15-12/h1-6H,7H2,(H,15,17)(H,19,20). The minimum Gasteiger partial charge on any atom is -0.478 e. The Bertz CT molecular complexity index is 938. The van der Waals surface area contributed by atoms with Crippen molar-refractivity contribution in [3.63, 3.8) is 0 Å². The lowest BCUT2D eigenvalue weighted by molar-refractivity contribution is 0.0699. The van der Waals surface area contributed by atoms with E-state index in [1.807, 2.05) is 17.5 Å². The van der Waals surface area contributed by atoms with Gasteiger partial charge in [-0.25, -0.2) is 4.79 Å². The minimum atomic E-state index is -1.16. The summed E-state index contributed by atoms with van der Waals surface area (Å²) in [6, 6.07) is 8.26. The molecule has 0 aliphatic heterocycles. The van der Waals surface area contributed by atoms with E-state index in [2.05, 4.69) is 4.98 Å². The molecule has 0 saturated heterocycles. The van der Waals surface area contributed by atoms with Crippen LogP contribution < -0.4 is 11.1 Å². The number of nitrogens with zero attached hydrogens (tertiary/aromatic N) is 1. The molecule has 2 N–H and O–H groups in total. The molecular formula is C14H10N2O4S. The Morgan fingerprint density at radius 1 is 1.24 bits per heavy atom. The van der Waals surface area contributed by atoms with Gasteiger partial charge in [-0.05, 0) is 23.6 Å². The van der Waals surface area contributed by atoms with E-state index in [1.165, 1.54) is 22.0 Å². The zero-order valence-corrected chi connectivity index (χ0v) is 11.5. The SMILES string of the molecule is O=C(O)c1cccc2c1[nH]c(=O)c(=O)n2Cc1cccs1. The number of aromatic carboxylic acids is 1. The molecule has 1 aromatic carbocycles. The van der Waals surface area contributed by atoms with Gasteiger partial charge in [0.2, 0.25) is 0 Å². The van der Waals surface area contributed by atoms with E-state index in [9.17, 15) is 19.5 Å². The van der Waals surface area contributed by atoms with E-state index in [4.69, 9.17) is 0 Å². The lowest BCUT2D eigenvalue weighted by Crippen LogP contribution is -2.36. The molecule has 2 heterocycles. The first kappa shape index (κ1) is 13.3. The van der Waals surface area contributed by atoms with Crippen molar-refractivity contribution in [1.82, 2.24) is 9.55 Å². The molecular weight excluding hydrogens is 292 g/mol. The lowest BCUT2D eigenvalue weighted by atomic mass is 10.1. The number of carboxylic acid groups (broad SMARTS) is 1. The number of thiophene rings is 1. The van der Waals surface area contributed by atoms with Crippen LogP contribution in [0.15, 0.2) is 45.3 Å². The van der Waals surface area contributed by atoms with Crippen LogP contribution in [0.3, 0.4) is 0 Å². The number of rotatable bonds is 3. The van der Waals surface area contributed by atoms with Gasteiger partial charge in [0.25, 0.3) is 0 Å². The number of nitrogens with one attached hydrogen (secondary N) is 1. The molecule has 7 heteroatoms. The fourth-order valence-electron chi connectivity index (χ4n) is 2.19. The number of hydrogen-bond donors (Lipinski definition) is 2. The van der Waals surface area contributed by atoms with Gasteiger partial charge in [-0.2, -0.15) is 0 Å². The first-order chi connectivity index (χ1) is 10.1. The first-order valence-corrected chi connectivity index (χ1v) is 6.97. The number of benzene rings is 1. The van der Waals surface area contributed by atoms with Gasteiger partial charge in [-0.3, -0.25) is 14.2 Å². The molecule has 3 aromatic rings. The molecule has 0 radical (unpaired) electrons. The van der Waals surface area contributed by atoms with Crippen molar-refractivity contribution in [2.24, 2.45) is 0 Å². The van der Waals surface area contributed by atoms with E-state index in [0.717, 1.165) is 4.88 Å². The molecule has 0 unspecified atom stereocenters. The fraction of sp³-hybridized carbons (Fsp3) is 0.0714. The molecule has 106 valence electrons. The van der Waals surface area contributed by atoms with Crippen molar-refractivity contribution < 1.29 is 9.90 Å². The monoisotopic (exact) mass is 302 g/mol. The summed E-state index contributed by atoms with van der Waals surface area (Å²) in [6.45, 7) is 0.236. The maximum atomic E-state index is 12.1. The van der Waals surface area contributed by atoms with Crippen LogP contribution >= 0.6 is 11.3 Å². The summed E-state index contributed by atoms with van der Waals surface area (Å²) >= 11 is 1.46. The maximum Gasteiger partial charge on any atom is 0.337 e. The van der Waals surface area contributed by atoms with Gasteiger partial charge in [0.05, 0.1) is 23.1 Å². The average Bonchev–Trinajstić information content (AvgIpc) is 2.96. The second-order valence-electron chi connectivity index (χ2n) is 4.43. The largest absolute Gasteiger partial charge is 0.478 e. The smallest absolute Gasteiger partial charge is 0.337 e. The summed E-state index contributed by atoms with van der Waals surface area (Å²) in [7, 11) is 0. The highest BCUT2D eigenvalue weighted by molar-refractivity contribution is 7.09. The number of carbonyl (C=O) groups is 1. The third kappa shape index (κ3) is 2.27. The topological polar surface area (TPSA) is 92.2 Å². The van der Waals surface area contributed by atoms with Gasteiger partial charge in [-0.15, -0.1) is 11.3 Å². The number of aromatic amines is 1. The second kappa shape index (κ2) is 5.02. The Labute approximate surface area is 121 Å². The molecule has 0 bridgehead atoms. The molecule has 0 saturated carbocycles. The molecule has 0 fully saturated rings. The van der Waals surface area contributed by atoms with E-state index in [-0.39, 0.29) is 17.6 Å². The number of para-hydroxylation sites is 1. The molecule has 2 aromatic heterocycles. The third-order valence-electron chi connectivity index (χ3n) is 3.14. The Balaban J connectivity index is 2.35. The summed E-state index contributed by atoms with van der Waals surface area (Å²) in [5, 5.41) is 11.1. The second-order valence-corrected chi connectivity index (χ2v) is 5.46. The Kier molecular flexibility index (Phi) is 3.19. The summed E-state index contributed by atoms with van der Waals surface area (Å²) in [5.74, 6) is -1.16. The molecule has 21 heavy (non-hydrogen) atoms. The van der Waals surface area contributed by atoms with Crippen LogP contribution in [0.4, 0.5) is 0 Å². The highest BCUT2D eigenvalue weighted by atomic mass is 32.1. The summed E-state index contributed by atoms with van der Waals surface area (Å²) in [6.07, 6.45) is 0. The maximum absolute atomic E-state index is 12.1. The number of fused-ring (bicyclic) bond motifs is 1. The molecule has 0 amide bonds. The van der Waals surface area contributed by atoms with Crippen molar-refractivity contribution in [3.8, 4) is 0 Å². The summed E-state index contributed by atoms with van der Waals surface area (Å²) < 4.78 is 1.30. The zero-order valence-electron chi connectivity index (χ0n) is 10.7. The van der Waals surface area contributed by atoms with Crippen molar-refractivity contribution in [3.05, 3.63) is 66.9 Å². The molecule has 0 spiro atoms. The van der Waals surface area contributed by atoms with E-state index in [0.29, 0.717) is 5.52 Å². The van der Waals surface area contributed by atoms with Crippen LogP contribution in [0.1, 0.15) is 15.2 Å². The average molecular weight is 302 g/mol. The number of hydrogen-bond acceptors (Lipinski definition) is 4. The van der Waals surface area contributed by atoms with Gasteiger partial charge in [0.15, 0.2) is 0 Å². The van der Waals surface area contributed by atoms with Gasteiger partial charge in [0, 0.05) is 4.88 Å². The van der Waals surface area contributed by atoms with Crippen LogP contribution in [-0.2, 0) is 6.54 Å². The van der Waals surface area contributed by atoms with Gasteiger partial charge < -0.3 is 10.1 Å². The van der Waals surface area contributed by atoms with Crippen LogP contribution in [0.5, 0.6) is 0 Å². The van der Waals surface area contributed by atoms with Crippen LogP contribution in [0, 0.1) is 0 Å². The quantitative estimate of drug-likeness (QED) is 0.717. The van der Waals surface area contributed by atoms with E-state index in [1.54, 1.807) is 12.1 Å². The predicted octanol–water partition coefficient (Wildman–Crippen LogP) is 1.50. The highest BCUT2D eigenvalue weighted by Crippen LogP contribution is 2.16. The third-order valence-corrected chi connectivity index (χ3v) is 4.00. The lowest BCUT2D eigenvalue weighted by Gasteiger charge is -2.09. The van der Waals surface area contributed by atoms with Gasteiger partial charge in [-0.1, -0.05) is 12.1 Å². The molecule has 0 aliphatic rings. The van der Waals surface area contributed by atoms with Gasteiger partial charge in [0.1, 0.15) is 0 Å². The zero-order chi connectivity index (χ0) is 15.0. The number of carboxylic acids is 1. The van der Waals surface area contributed by atoms with E-state index >= 15 is 0 Å². The molecule has 6 nitrogen and oxygen atoms in total. The molecule has 0 aliphatic carbocycles. The van der Waals surface area contributed by atoms with Crippen molar-refractivity contribution in [2.75, 3.05) is 0 Å². The Morgan fingerprint density at radius 3 is 2.71 bits per heavy atom. The number of H-pyrrole nitrogens is 1. The van der Waals surface area contributed by atoms with Crippen LogP contribution in [0.25, 0.3) is 11.0 Å². The van der Waals surface area contributed by atoms with Crippen molar-refractivity contribution in [1.29, 1.82) is 0 Å². The van der Waals surface area contributed by atoms with Crippen LogP contribution in [0.2, 0.25) is 0 Å². The van der Waals surface area contributed by atoms with Crippen molar-refractivity contribution >= 4 is 28.3 Å². The molecule has 0 atom stereocenters. The Hall–Kier alpha value is -2.67. The summed E-state index contributed by atoms with van der Waals surface area (Å²) in [4.78, 5) is 38.3. The number of aromatic nitrogens is 2.